The van der Waals surface area contributed by atoms with Crippen LogP contribution >= 0.6 is 0 Å². The van der Waals surface area contributed by atoms with E-state index in [4.69, 9.17) is 0 Å². The Morgan fingerprint density at radius 2 is 2.13 bits per heavy atom. The third-order valence-corrected chi connectivity index (χ3v) is 2.71. The minimum Gasteiger partial charge on any atom is -0.341 e. The normalized spacial score (nSPS) is 12.5. The third-order valence-electron chi connectivity index (χ3n) is 2.71. The Morgan fingerprint density at radius 3 is 2.53 bits per heavy atom. The quantitative estimate of drug-likeness (QED) is 0.755. The second-order valence-electron chi connectivity index (χ2n) is 3.57. The fourth-order valence-electron chi connectivity index (χ4n) is 1.72. The van der Waals surface area contributed by atoms with Gasteiger partial charge in [0, 0.05) is 25.5 Å². The van der Waals surface area contributed by atoms with Gasteiger partial charge in [-0.3, -0.25) is 4.79 Å². The van der Waals surface area contributed by atoms with Gasteiger partial charge in [0.1, 0.15) is 11.9 Å². The summed E-state index contributed by atoms with van der Waals surface area (Å²) in [5.74, 6) is 1.03. The van der Waals surface area contributed by atoms with Crippen LogP contribution in [0.5, 0.6) is 0 Å². The molecule has 1 aromatic heterocycles. The summed E-state index contributed by atoms with van der Waals surface area (Å²) < 4.78 is 1.90. The van der Waals surface area contributed by atoms with Gasteiger partial charge in [-0.05, 0) is 27.7 Å². The first-order valence-corrected chi connectivity index (χ1v) is 5.40. The Hall–Kier alpha value is -1.32. The van der Waals surface area contributed by atoms with E-state index in [2.05, 4.69) is 4.98 Å². The van der Waals surface area contributed by atoms with Gasteiger partial charge >= 0.3 is 0 Å². The highest BCUT2D eigenvalue weighted by molar-refractivity contribution is 5.80. The van der Waals surface area contributed by atoms with E-state index in [1.54, 1.807) is 6.20 Å². The summed E-state index contributed by atoms with van der Waals surface area (Å²) in [4.78, 5) is 18.0. The van der Waals surface area contributed by atoms with Crippen molar-refractivity contribution in [3.8, 4) is 0 Å². The molecule has 4 heteroatoms. The van der Waals surface area contributed by atoms with Crippen LogP contribution in [0.25, 0.3) is 0 Å². The van der Waals surface area contributed by atoms with Gasteiger partial charge in [0.15, 0.2) is 0 Å². The molecule has 1 heterocycles. The van der Waals surface area contributed by atoms with E-state index >= 15 is 0 Å². The fraction of sp³-hybridized carbons (Fsp3) is 0.636. The average molecular weight is 209 g/mol. The number of amides is 1. The monoisotopic (exact) mass is 209 g/mol. The molecule has 0 N–H and O–H groups in total. The summed E-state index contributed by atoms with van der Waals surface area (Å²) in [6.45, 7) is 9.33. The molecule has 0 fully saturated rings. The van der Waals surface area contributed by atoms with Crippen molar-refractivity contribution in [1.82, 2.24) is 14.5 Å². The molecule has 1 amide bonds. The zero-order valence-corrected chi connectivity index (χ0v) is 9.90. The summed E-state index contributed by atoms with van der Waals surface area (Å²) in [7, 11) is 0. The molecule has 0 spiro atoms. The van der Waals surface area contributed by atoms with E-state index < -0.39 is 0 Å². The Kier molecular flexibility index (Phi) is 3.88. The van der Waals surface area contributed by atoms with Crippen LogP contribution in [0, 0.1) is 6.92 Å². The van der Waals surface area contributed by atoms with Crippen molar-refractivity contribution in [2.24, 2.45) is 0 Å². The molecule has 84 valence electrons. The van der Waals surface area contributed by atoms with Gasteiger partial charge in [-0.15, -0.1) is 0 Å². The lowest BCUT2D eigenvalue weighted by molar-refractivity contribution is -0.133. The number of rotatable bonds is 4. The van der Waals surface area contributed by atoms with Crippen molar-refractivity contribution < 1.29 is 4.79 Å². The van der Waals surface area contributed by atoms with Crippen molar-refractivity contribution >= 4 is 5.91 Å². The first-order valence-electron chi connectivity index (χ1n) is 5.40. The predicted molar refractivity (Wildman–Crippen MR) is 59.6 cm³/mol. The molecule has 0 radical (unpaired) electrons. The van der Waals surface area contributed by atoms with E-state index in [1.807, 2.05) is 43.4 Å². The Bertz CT molecular complexity index is 328. The molecular formula is C11H19N3O. The maximum Gasteiger partial charge on any atom is 0.245 e. The number of carbonyl (C=O) groups is 1. The van der Waals surface area contributed by atoms with Gasteiger partial charge in [-0.2, -0.15) is 0 Å². The maximum absolute atomic E-state index is 12.0. The molecule has 0 bridgehead atoms. The molecule has 0 saturated carbocycles. The van der Waals surface area contributed by atoms with Crippen LogP contribution in [0.2, 0.25) is 0 Å². The smallest absolute Gasteiger partial charge is 0.245 e. The molecule has 1 rings (SSSR count). The van der Waals surface area contributed by atoms with Gasteiger partial charge in [0.2, 0.25) is 5.91 Å². The number of nitrogens with zero attached hydrogens (tertiary/aromatic N) is 3. The number of imidazole rings is 1. The average Bonchev–Trinajstić information content (AvgIpc) is 2.65. The van der Waals surface area contributed by atoms with Crippen molar-refractivity contribution in [1.29, 1.82) is 0 Å². The SMILES string of the molecule is CCN(CC)C(=O)C(C)n1ccnc1C. The fourth-order valence-corrected chi connectivity index (χ4v) is 1.72. The summed E-state index contributed by atoms with van der Waals surface area (Å²) in [5, 5.41) is 0. The van der Waals surface area contributed by atoms with E-state index in [9.17, 15) is 4.79 Å². The second kappa shape index (κ2) is 4.96. The molecule has 0 saturated heterocycles. The van der Waals surface area contributed by atoms with Crippen LogP contribution in [-0.4, -0.2) is 33.4 Å². The molecule has 15 heavy (non-hydrogen) atoms. The van der Waals surface area contributed by atoms with E-state index in [0.29, 0.717) is 0 Å². The zero-order chi connectivity index (χ0) is 11.4. The highest BCUT2D eigenvalue weighted by atomic mass is 16.2. The summed E-state index contributed by atoms with van der Waals surface area (Å²) in [5.41, 5.74) is 0. The van der Waals surface area contributed by atoms with Crippen LogP contribution in [0.4, 0.5) is 0 Å². The van der Waals surface area contributed by atoms with Crippen molar-refractivity contribution in [2.75, 3.05) is 13.1 Å². The molecule has 0 aromatic carbocycles. The Balaban J connectivity index is 2.81. The maximum atomic E-state index is 12.0. The van der Waals surface area contributed by atoms with Gasteiger partial charge in [-0.1, -0.05) is 0 Å². The number of carbonyl (C=O) groups excluding carboxylic acids is 1. The van der Waals surface area contributed by atoms with Gasteiger partial charge < -0.3 is 9.47 Å². The summed E-state index contributed by atoms with van der Waals surface area (Å²) in [6, 6.07) is -0.160. The standard InChI is InChI=1S/C11H19N3O/c1-5-13(6-2)11(15)9(3)14-8-7-12-10(14)4/h7-9H,5-6H2,1-4H3. The lowest BCUT2D eigenvalue weighted by Gasteiger charge is -2.24. The van der Waals surface area contributed by atoms with Gasteiger partial charge in [0.05, 0.1) is 0 Å². The van der Waals surface area contributed by atoms with Crippen molar-refractivity contribution in [3.63, 3.8) is 0 Å². The van der Waals surface area contributed by atoms with Crippen molar-refractivity contribution in [3.05, 3.63) is 18.2 Å². The highest BCUT2D eigenvalue weighted by Crippen LogP contribution is 2.11. The van der Waals surface area contributed by atoms with Gasteiger partial charge in [0.25, 0.3) is 0 Å². The third kappa shape index (κ3) is 2.37. The molecule has 1 unspecified atom stereocenters. The molecule has 0 aliphatic rings. The number of aryl methyl sites for hydroxylation is 1. The van der Waals surface area contributed by atoms with Crippen molar-refractivity contribution in [2.45, 2.75) is 33.7 Å². The van der Waals surface area contributed by atoms with Crippen LogP contribution < -0.4 is 0 Å². The van der Waals surface area contributed by atoms with Gasteiger partial charge in [-0.25, -0.2) is 4.98 Å². The summed E-state index contributed by atoms with van der Waals surface area (Å²) in [6.07, 6.45) is 3.57. The lowest BCUT2D eigenvalue weighted by Crippen LogP contribution is -2.36. The van der Waals surface area contributed by atoms with Crippen LogP contribution in [0.1, 0.15) is 32.6 Å². The minimum absolute atomic E-state index is 0.154. The van der Waals surface area contributed by atoms with E-state index in [1.165, 1.54) is 0 Å². The minimum atomic E-state index is -0.160. The molecule has 0 aliphatic heterocycles. The summed E-state index contributed by atoms with van der Waals surface area (Å²) >= 11 is 0. The van der Waals surface area contributed by atoms with Crippen LogP contribution in [0.3, 0.4) is 0 Å². The first-order chi connectivity index (χ1) is 7.11. The first kappa shape index (κ1) is 11.8. The van der Waals surface area contributed by atoms with Crippen LogP contribution in [0.15, 0.2) is 12.4 Å². The number of hydrogen-bond donors (Lipinski definition) is 0. The topological polar surface area (TPSA) is 38.1 Å². The van der Waals surface area contributed by atoms with E-state index in [0.717, 1.165) is 18.9 Å². The lowest BCUT2D eigenvalue weighted by atomic mass is 10.2. The largest absolute Gasteiger partial charge is 0.341 e. The zero-order valence-electron chi connectivity index (χ0n) is 9.90. The Labute approximate surface area is 90.9 Å². The van der Waals surface area contributed by atoms with Crippen LogP contribution in [-0.2, 0) is 4.79 Å². The van der Waals surface area contributed by atoms with E-state index in [-0.39, 0.29) is 11.9 Å². The molecular weight excluding hydrogens is 190 g/mol. The number of hydrogen-bond acceptors (Lipinski definition) is 2. The predicted octanol–water partition coefficient (Wildman–Crippen LogP) is 1.62. The molecule has 1 atom stereocenters. The number of aromatic nitrogens is 2. The number of likely N-dealkylation sites (N-methyl/N-ethyl adjacent to an activating group) is 1. The molecule has 1 aromatic rings. The highest BCUT2D eigenvalue weighted by Gasteiger charge is 2.20. The molecule has 4 nitrogen and oxygen atoms in total. The molecule has 0 aliphatic carbocycles. The second-order valence-corrected chi connectivity index (χ2v) is 3.57. The Morgan fingerprint density at radius 1 is 1.53 bits per heavy atom.